The van der Waals surface area contributed by atoms with E-state index >= 15 is 0 Å². The van der Waals surface area contributed by atoms with Gasteiger partial charge in [-0.1, -0.05) is 23.7 Å². The molecule has 0 bridgehead atoms. The molecule has 0 unspecified atom stereocenters. The van der Waals surface area contributed by atoms with Crippen molar-refractivity contribution in [3.05, 3.63) is 34.3 Å². The third-order valence-corrected chi connectivity index (χ3v) is 2.73. The fraction of sp³-hybridized carbons (Fsp3) is 0.364. The van der Waals surface area contributed by atoms with Crippen molar-refractivity contribution < 1.29 is 9.53 Å². The molecule has 0 aromatic heterocycles. The molecule has 0 saturated carbocycles. The summed E-state index contributed by atoms with van der Waals surface area (Å²) in [5.41, 5.74) is 7.68. The highest BCUT2D eigenvalue weighted by molar-refractivity contribution is 6.31. The van der Waals surface area contributed by atoms with Gasteiger partial charge in [-0.15, -0.1) is 0 Å². The minimum Gasteiger partial charge on any atom is -0.469 e. The second-order valence-corrected chi connectivity index (χ2v) is 3.75. The lowest BCUT2D eigenvalue weighted by Gasteiger charge is -2.14. The van der Waals surface area contributed by atoms with Crippen molar-refractivity contribution in [2.24, 2.45) is 5.73 Å². The molecule has 0 saturated heterocycles. The Morgan fingerprint density at radius 2 is 2.27 bits per heavy atom. The first-order valence-corrected chi connectivity index (χ1v) is 5.01. The molecule has 1 atom stereocenters. The van der Waals surface area contributed by atoms with Gasteiger partial charge in [-0.05, 0) is 24.1 Å². The van der Waals surface area contributed by atoms with Gasteiger partial charge in [-0.25, -0.2) is 0 Å². The van der Waals surface area contributed by atoms with Crippen LogP contribution in [0.4, 0.5) is 0 Å². The summed E-state index contributed by atoms with van der Waals surface area (Å²) in [6, 6.07) is 5.12. The maximum absolute atomic E-state index is 11.1. The molecule has 0 fully saturated rings. The van der Waals surface area contributed by atoms with E-state index in [2.05, 4.69) is 4.74 Å². The zero-order chi connectivity index (χ0) is 11.4. The second kappa shape index (κ2) is 5.14. The second-order valence-electron chi connectivity index (χ2n) is 3.34. The number of ether oxygens (including phenoxy) is 1. The van der Waals surface area contributed by atoms with Crippen molar-refractivity contribution in [1.82, 2.24) is 0 Å². The van der Waals surface area contributed by atoms with Crippen LogP contribution in [0.2, 0.25) is 5.02 Å². The predicted octanol–water partition coefficient (Wildman–Crippen LogP) is 2.21. The third kappa shape index (κ3) is 2.94. The Kier molecular flexibility index (Phi) is 4.12. The predicted molar refractivity (Wildman–Crippen MR) is 59.8 cm³/mol. The highest BCUT2D eigenvalue weighted by Gasteiger charge is 2.14. The lowest BCUT2D eigenvalue weighted by Crippen LogP contribution is -2.17. The van der Waals surface area contributed by atoms with Crippen LogP contribution in [0.3, 0.4) is 0 Å². The van der Waals surface area contributed by atoms with Crippen LogP contribution in [0.1, 0.15) is 23.6 Å². The largest absolute Gasteiger partial charge is 0.469 e. The lowest BCUT2D eigenvalue weighted by molar-refractivity contribution is -0.141. The summed E-state index contributed by atoms with van der Waals surface area (Å²) in [4.78, 5) is 11.1. The van der Waals surface area contributed by atoms with Crippen LogP contribution in [0, 0.1) is 6.92 Å². The Bertz CT molecular complexity index is 366. The van der Waals surface area contributed by atoms with Gasteiger partial charge in [0.1, 0.15) is 0 Å². The Hall–Kier alpha value is -1.06. The minimum atomic E-state index is -0.365. The van der Waals surface area contributed by atoms with E-state index in [9.17, 15) is 4.79 Å². The van der Waals surface area contributed by atoms with Gasteiger partial charge in [0.25, 0.3) is 0 Å². The van der Waals surface area contributed by atoms with E-state index in [1.165, 1.54) is 7.11 Å². The van der Waals surface area contributed by atoms with Crippen LogP contribution in [0.25, 0.3) is 0 Å². The molecule has 1 rings (SSSR count). The maximum Gasteiger partial charge on any atom is 0.307 e. The Morgan fingerprint density at radius 3 is 2.87 bits per heavy atom. The minimum absolute atomic E-state index is 0.164. The molecule has 3 nitrogen and oxygen atoms in total. The van der Waals surface area contributed by atoms with Crippen LogP contribution in [-0.2, 0) is 9.53 Å². The third-order valence-electron chi connectivity index (χ3n) is 2.32. The van der Waals surface area contributed by atoms with Gasteiger partial charge in [-0.2, -0.15) is 0 Å². The van der Waals surface area contributed by atoms with Crippen molar-refractivity contribution in [2.75, 3.05) is 7.11 Å². The van der Waals surface area contributed by atoms with Crippen molar-refractivity contribution >= 4 is 17.6 Å². The van der Waals surface area contributed by atoms with Gasteiger partial charge in [0.2, 0.25) is 0 Å². The number of hydrogen-bond donors (Lipinski definition) is 1. The summed E-state index contributed by atoms with van der Waals surface area (Å²) in [5.74, 6) is -0.318. The van der Waals surface area contributed by atoms with E-state index in [0.29, 0.717) is 5.02 Å². The summed E-state index contributed by atoms with van der Waals surface area (Å²) in [6.07, 6.45) is 0.164. The zero-order valence-corrected chi connectivity index (χ0v) is 9.54. The molecule has 1 aromatic rings. The molecule has 82 valence electrons. The van der Waals surface area contributed by atoms with Gasteiger partial charge in [0.05, 0.1) is 13.5 Å². The summed E-state index contributed by atoms with van der Waals surface area (Å²) in [7, 11) is 1.35. The van der Waals surface area contributed by atoms with Crippen molar-refractivity contribution in [2.45, 2.75) is 19.4 Å². The van der Waals surface area contributed by atoms with Crippen LogP contribution in [-0.4, -0.2) is 13.1 Å². The van der Waals surface area contributed by atoms with Gasteiger partial charge >= 0.3 is 5.97 Å². The first-order chi connectivity index (χ1) is 7.06. The summed E-state index contributed by atoms with van der Waals surface area (Å²) >= 11 is 5.96. The fourth-order valence-electron chi connectivity index (χ4n) is 1.40. The number of nitrogens with two attached hydrogens (primary N) is 1. The van der Waals surface area contributed by atoms with E-state index in [1.807, 2.05) is 19.1 Å². The summed E-state index contributed by atoms with van der Waals surface area (Å²) in [6.45, 7) is 1.88. The van der Waals surface area contributed by atoms with Gasteiger partial charge in [-0.3, -0.25) is 4.79 Å². The molecule has 0 aliphatic rings. The maximum atomic E-state index is 11.1. The van der Waals surface area contributed by atoms with E-state index in [-0.39, 0.29) is 18.4 Å². The highest BCUT2D eigenvalue weighted by atomic mass is 35.5. The van der Waals surface area contributed by atoms with E-state index in [0.717, 1.165) is 11.1 Å². The average molecular weight is 228 g/mol. The molecule has 1 aromatic carbocycles. The van der Waals surface area contributed by atoms with E-state index in [4.69, 9.17) is 17.3 Å². The van der Waals surface area contributed by atoms with E-state index < -0.39 is 0 Å². The standard InChI is InChI=1S/C11H14ClNO2/c1-7-8(4-3-5-9(7)12)10(13)6-11(14)15-2/h3-5,10H,6,13H2,1-2H3/t10-/m1/s1. The molecule has 0 heterocycles. The van der Waals surface area contributed by atoms with Crippen LogP contribution in [0.15, 0.2) is 18.2 Å². The lowest BCUT2D eigenvalue weighted by atomic mass is 10.00. The number of rotatable bonds is 3. The molecular weight excluding hydrogens is 214 g/mol. The molecule has 0 aliphatic heterocycles. The number of esters is 1. The van der Waals surface area contributed by atoms with E-state index in [1.54, 1.807) is 6.07 Å². The number of carbonyl (C=O) groups excluding carboxylic acids is 1. The summed E-state index contributed by atoms with van der Waals surface area (Å²) < 4.78 is 4.56. The Labute approximate surface area is 94.2 Å². The molecule has 0 amide bonds. The molecular formula is C11H14ClNO2. The first kappa shape index (κ1) is 12.0. The van der Waals surface area contributed by atoms with Crippen LogP contribution >= 0.6 is 11.6 Å². The SMILES string of the molecule is COC(=O)C[C@@H](N)c1cccc(Cl)c1C. The molecule has 0 aliphatic carbocycles. The number of carbonyl (C=O) groups is 1. The molecule has 2 N–H and O–H groups in total. The van der Waals surface area contributed by atoms with Crippen LogP contribution < -0.4 is 5.73 Å². The van der Waals surface area contributed by atoms with Crippen molar-refractivity contribution in [3.63, 3.8) is 0 Å². The average Bonchev–Trinajstić information content (AvgIpc) is 2.21. The van der Waals surface area contributed by atoms with Crippen molar-refractivity contribution in [1.29, 1.82) is 0 Å². The number of halogens is 1. The van der Waals surface area contributed by atoms with Crippen molar-refractivity contribution in [3.8, 4) is 0 Å². The summed E-state index contributed by atoms with van der Waals surface area (Å²) in [5, 5.41) is 0.660. The molecule has 15 heavy (non-hydrogen) atoms. The first-order valence-electron chi connectivity index (χ1n) is 4.63. The Morgan fingerprint density at radius 1 is 1.60 bits per heavy atom. The smallest absolute Gasteiger partial charge is 0.307 e. The normalized spacial score (nSPS) is 12.3. The van der Waals surface area contributed by atoms with Crippen LogP contribution in [0.5, 0.6) is 0 Å². The molecule has 4 heteroatoms. The highest BCUT2D eigenvalue weighted by Crippen LogP contribution is 2.24. The molecule has 0 spiro atoms. The fourth-order valence-corrected chi connectivity index (χ4v) is 1.58. The van der Waals surface area contributed by atoms with Gasteiger partial charge in [0.15, 0.2) is 0 Å². The number of benzene rings is 1. The zero-order valence-electron chi connectivity index (χ0n) is 8.79. The number of hydrogen-bond acceptors (Lipinski definition) is 3. The quantitative estimate of drug-likeness (QED) is 0.806. The topological polar surface area (TPSA) is 52.3 Å². The molecule has 0 radical (unpaired) electrons. The number of methoxy groups -OCH3 is 1. The van der Waals surface area contributed by atoms with Gasteiger partial charge in [0, 0.05) is 11.1 Å². The van der Waals surface area contributed by atoms with Gasteiger partial charge < -0.3 is 10.5 Å². The monoisotopic (exact) mass is 227 g/mol. The Balaban J connectivity index is 2.86.